The first-order chi connectivity index (χ1) is 10.5. The molecule has 122 valence electrons. The van der Waals surface area contributed by atoms with Crippen molar-refractivity contribution in [2.24, 2.45) is 5.73 Å². The van der Waals surface area contributed by atoms with E-state index < -0.39 is 30.3 Å². The molecule has 0 aromatic carbocycles. The molecule has 0 aliphatic carbocycles. The van der Waals surface area contributed by atoms with Crippen LogP contribution in [0.25, 0.3) is 0 Å². The molecule has 4 atom stereocenters. The zero-order chi connectivity index (χ0) is 16.3. The zero-order valence-corrected chi connectivity index (χ0v) is 12.7. The molecule has 1 aromatic rings. The molecule has 1 aliphatic rings. The Bertz CT molecular complexity index is 546. The highest BCUT2D eigenvalue weighted by atomic mass is 32.2. The third kappa shape index (κ3) is 3.65. The molecular formula is C12H18N4O5S. The maximum absolute atomic E-state index is 11.2. The fraction of sp³-hybridized carbons (Fsp3) is 0.583. The van der Waals surface area contributed by atoms with Crippen LogP contribution in [-0.2, 0) is 4.74 Å². The highest BCUT2D eigenvalue weighted by Gasteiger charge is 2.38. The molecule has 0 bridgehead atoms. The van der Waals surface area contributed by atoms with Crippen LogP contribution in [0.4, 0.5) is 5.82 Å². The van der Waals surface area contributed by atoms with Gasteiger partial charge in [-0.2, -0.15) is 0 Å². The molecule has 1 saturated heterocycles. The lowest BCUT2D eigenvalue weighted by molar-refractivity contribution is -0.152. The Hall–Kier alpha value is -1.46. The molecule has 1 amide bonds. The Morgan fingerprint density at radius 1 is 1.50 bits per heavy atom. The van der Waals surface area contributed by atoms with Crippen LogP contribution in [0.3, 0.4) is 0 Å². The van der Waals surface area contributed by atoms with E-state index in [9.17, 15) is 15.0 Å². The molecule has 2 rings (SSSR count). The summed E-state index contributed by atoms with van der Waals surface area (Å²) >= 11 is 1.31. The Kier molecular flexibility index (Phi) is 5.53. The number of anilines is 1. The number of rotatable bonds is 5. The molecular weight excluding hydrogens is 312 g/mol. The van der Waals surface area contributed by atoms with Gasteiger partial charge in [-0.3, -0.25) is 4.79 Å². The van der Waals surface area contributed by atoms with Gasteiger partial charge in [-0.1, -0.05) is 0 Å². The number of aliphatic hydroxyl groups is 3. The van der Waals surface area contributed by atoms with Crippen LogP contribution in [0.1, 0.15) is 10.6 Å². The summed E-state index contributed by atoms with van der Waals surface area (Å²) in [7, 11) is 0. The average molecular weight is 330 g/mol. The third-order valence-electron chi connectivity index (χ3n) is 3.28. The molecule has 2 heterocycles. The summed E-state index contributed by atoms with van der Waals surface area (Å²) in [5, 5.41) is 32.4. The topological polar surface area (TPSA) is 151 Å². The van der Waals surface area contributed by atoms with Crippen molar-refractivity contribution in [3.05, 3.63) is 11.9 Å². The smallest absolute Gasteiger partial charge is 0.286 e. The van der Waals surface area contributed by atoms with Crippen LogP contribution in [-0.4, -0.2) is 75.0 Å². The van der Waals surface area contributed by atoms with Crippen molar-refractivity contribution in [1.29, 1.82) is 0 Å². The maximum atomic E-state index is 11.2. The third-order valence-corrected chi connectivity index (χ3v) is 3.91. The van der Waals surface area contributed by atoms with Gasteiger partial charge < -0.3 is 31.1 Å². The van der Waals surface area contributed by atoms with E-state index in [1.54, 1.807) is 12.3 Å². The van der Waals surface area contributed by atoms with Crippen molar-refractivity contribution in [3.63, 3.8) is 0 Å². The standard InChI is InChI=1S/C12H18N4O5S/c1-22-8-2-7(15-12(16-8)11(13)20)14-5-4-21-6(3-17)10(19)9(5)18/h2,5-6,9-10,17-19H,3-4H2,1H3,(H2,13,20)(H,14,15,16)/t5-,6+,9+,10-/m0/s1. The van der Waals surface area contributed by atoms with E-state index in [1.165, 1.54) is 11.8 Å². The second kappa shape index (κ2) is 7.20. The molecule has 0 spiro atoms. The minimum absolute atomic E-state index is 0.0635. The number of carbonyl (C=O) groups excluding carboxylic acids is 1. The van der Waals surface area contributed by atoms with Gasteiger partial charge in [-0.05, 0) is 6.26 Å². The van der Waals surface area contributed by atoms with Crippen LogP contribution >= 0.6 is 11.8 Å². The van der Waals surface area contributed by atoms with Gasteiger partial charge in [-0.15, -0.1) is 11.8 Å². The second-order valence-electron chi connectivity index (χ2n) is 4.77. The SMILES string of the molecule is CSc1cc(N[C@H]2CO[C@H](CO)[C@H](O)[C@@H]2O)nc(C(N)=O)n1. The second-order valence-corrected chi connectivity index (χ2v) is 5.60. The number of aromatic nitrogens is 2. The number of primary amides is 1. The Balaban J connectivity index is 2.16. The van der Waals surface area contributed by atoms with Crippen molar-refractivity contribution < 1.29 is 24.9 Å². The van der Waals surface area contributed by atoms with Gasteiger partial charge >= 0.3 is 0 Å². The quantitative estimate of drug-likeness (QED) is 0.311. The summed E-state index contributed by atoms with van der Waals surface area (Å²) in [6.07, 6.45) is -1.43. The largest absolute Gasteiger partial charge is 0.394 e. The number of amides is 1. The van der Waals surface area contributed by atoms with Gasteiger partial charge in [0.25, 0.3) is 5.91 Å². The Labute approximate surface area is 130 Å². The van der Waals surface area contributed by atoms with Gasteiger partial charge in [0.05, 0.1) is 19.3 Å². The number of aliphatic hydroxyl groups excluding tert-OH is 3. The number of nitrogens with two attached hydrogens (primary N) is 1. The number of hydrogen-bond donors (Lipinski definition) is 5. The summed E-state index contributed by atoms with van der Waals surface area (Å²) in [6, 6.07) is 0.942. The first-order valence-corrected chi connectivity index (χ1v) is 7.76. The van der Waals surface area contributed by atoms with E-state index in [-0.39, 0.29) is 24.9 Å². The molecule has 0 saturated carbocycles. The van der Waals surface area contributed by atoms with Crippen LogP contribution in [0.15, 0.2) is 11.1 Å². The number of carbonyl (C=O) groups is 1. The highest BCUT2D eigenvalue weighted by Crippen LogP contribution is 2.21. The van der Waals surface area contributed by atoms with Crippen LogP contribution in [0, 0.1) is 0 Å². The molecule has 1 fully saturated rings. The minimum atomic E-state index is -1.23. The van der Waals surface area contributed by atoms with Crippen molar-refractivity contribution >= 4 is 23.5 Å². The van der Waals surface area contributed by atoms with Gasteiger partial charge in [-0.25, -0.2) is 9.97 Å². The van der Waals surface area contributed by atoms with Crippen molar-refractivity contribution in [1.82, 2.24) is 9.97 Å². The van der Waals surface area contributed by atoms with Crippen molar-refractivity contribution in [2.75, 3.05) is 24.8 Å². The van der Waals surface area contributed by atoms with Gasteiger partial charge in [0.15, 0.2) is 0 Å². The first-order valence-electron chi connectivity index (χ1n) is 6.54. The summed E-state index contributed by atoms with van der Waals surface area (Å²) in [4.78, 5) is 19.2. The molecule has 22 heavy (non-hydrogen) atoms. The molecule has 0 radical (unpaired) electrons. The fourth-order valence-electron chi connectivity index (χ4n) is 2.07. The maximum Gasteiger partial charge on any atom is 0.286 e. The Morgan fingerprint density at radius 3 is 2.82 bits per heavy atom. The van der Waals surface area contributed by atoms with Gasteiger partial charge in [0.2, 0.25) is 5.82 Å². The lowest BCUT2D eigenvalue weighted by Crippen LogP contribution is -2.56. The fourth-order valence-corrected chi connectivity index (χ4v) is 2.48. The van der Waals surface area contributed by atoms with E-state index in [0.29, 0.717) is 5.03 Å². The lowest BCUT2D eigenvalue weighted by Gasteiger charge is -2.37. The highest BCUT2D eigenvalue weighted by molar-refractivity contribution is 7.98. The monoisotopic (exact) mass is 330 g/mol. The minimum Gasteiger partial charge on any atom is -0.394 e. The van der Waals surface area contributed by atoms with Crippen molar-refractivity contribution in [2.45, 2.75) is 29.4 Å². The summed E-state index contributed by atoms with van der Waals surface area (Å²) in [5.74, 6) is -0.621. The summed E-state index contributed by atoms with van der Waals surface area (Å²) in [6.45, 7) is -0.325. The molecule has 0 unspecified atom stereocenters. The van der Waals surface area contributed by atoms with E-state index in [0.717, 1.165) is 0 Å². The number of nitrogens with zero attached hydrogens (tertiary/aromatic N) is 2. The number of nitrogens with one attached hydrogen (secondary N) is 1. The molecule has 6 N–H and O–H groups in total. The molecule has 9 nitrogen and oxygen atoms in total. The number of ether oxygens (including phenoxy) is 1. The Morgan fingerprint density at radius 2 is 2.23 bits per heavy atom. The van der Waals surface area contributed by atoms with Gasteiger partial charge in [0, 0.05) is 6.07 Å². The van der Waals surface area contributed by atoms with Crippen LogP contribution in [0.5, 0.6) is 0 Å². The summed E-state index contributed by atoms with van der Waals surface area (Å²) in [5.41, 5.74) is 5.18. The molecule has 1 aliphatic heterocycles. The summed E-state index contributed by atoms with van der Waals surface area (Å²) < 4.78 is 5.27. The van der Waals surface area contributed by atoms with Crippen molar-refractivity contribution in [3.8, 4) is 0 Å². The predicted octanol–water partition coefficient (Wildman–Crippen LogP) is -1.81. The predicted molar refractivity (Wildman–Crippen MR) is 78.6 cm³/mol. The van der Waals surface area contributed by atoms with E-state index >= 15 is 0 Å². The average Bonchev–Trinajstić information content (AvgIpc) is 2.51. The van der Waals surface area contributed by atoms with Crippen LogP contribution < -0.4 is 11.1 Å². The molecule has 1 aromatic heterocycles. The van der Waals surface area contributed by atoms with E-state index in [4.69, 9.17) is 15.6 Å². The van der Waals surface area contributed by atoms with Gasteiger partial charge in [0.1, 0.15) is 29.2 Å². The number of thioether (sulfide) groups is 1. The normalized spacial score (nSPS) is 28.4. The van der Waals surface area contributed by atoms with E-state index in [1.807, 2.05) is 0 Å². The zero-order valence-electron chi connectivity index (χ0n) is 11.8. The van der Waals surface area contributed by atoms with E-state index in [2.05, 4.69) is 15.3 Å². The molecule has 10 heteroatoms. The number of hydrogen-bond acceptors (Lipinski definition) is 9. The lowest BCUT2D eigenvalue weighted by atomic mass is 9.98. The first kappa shape index (κ1) is 16.9. The van der Waals surface area contributed by atoms with Crippen LogP contribution in [0.2, 0.25) is 0 Å².